The highest BCUT2D eigenvalue weighted by Gasteiger charge is 2.28. The van der Waals surface area contributed by atoms with Crippen LogP contribution in [0.3, 0.4) is 0 Å². The van der Waals surface area contributed by atoms with Crippen LogP contribution in [0.5, 0.6) is 6.01 Å². The van der Waals surface area contributed by atoms with E-state index in [4.69, 9.17) is 9.47 Å². The molecule has 7 nitrogen and oxygen atoms in total. The summed E-state index contributed by atoms with van der Waals surface area (Å²) in [6, 6.07) is 1.95. The zero-order valence-electron chi connectivity index (χ0n) is 13.5. The van der Waals surface area contributed by atoms with Gasteiger partial charge in [-0.1, -0.05) is 0 Å². The minimum Gasteiger partial charge on any atom is -0.461 e. The van der Waals surface area contributed by atoms with Crippen LogP contribution in [-0.2, 0) is 4.74 Å². The first-order valence-corrected chi connectivity index (χ1v) is 8.59. The van der Waals surface area contributed by atoms with Gasteiger partial charge in [0.15, 0.2) is 0 Å². The Morgan fingerprint density at radius 1 is 1.29 bits per heavy atom. The summed E-state index contributed by atoms with van der Waals surface area (Å²) in [4.78, 5) is 13.2. The van der Waals surface area contributed by atoms with E-state index in [2.05, 4.69) is 20.3 Å². The zero-order valence-corrected chi connectivity index (χ0v) is 13.5. The molecule has 2 fully saturated rings. The van der Waals surface area contributed by atoms with E-state index in [1.807, 2.05) is 6.07 Å². The lowest BCUT2D eigenvalue weighted by atomic mass is 9.96. The van der Waals surface area contributed by atoms with Crippen molar-refractivity contribution in [2.24, 2.45) is 0 Å². The number of hydrogen-bond donors (Lipinski definition) is 2. The number of nitrogens with zero attached hydrogens (tertiary/aromatic N) is 3. The van der Waals surface area contributed by atoms with Crippen LogP contribution in [-0.4, -0.2) is 52.0 Å². The number of ether oxygens (including phenoxy) is 2. The monoisotopic (exact) mass is 330 g/mol. The summed E-state index contributed by atoms with van der Waals surface area (Å²) in [7, 11) is 0. The quantitative estimate of drug-likeness (QED) is 0.875. The van der Waals surface area contributed by atoms with Gasteiger partial charge in [-0.25, -0.2) is 0 Å². The lowest BCUT2D eigenvalue weighted by Crippen LogP contribution is -2.38. The van der Waals surface area contributed by atoms with Crippen molar-refractivity contribution in [1.82, 2.24) is 20.3 Å². The van der Waals surface area contributed by atoms with Gasteiger partial charge < -0.3 is 19.9 Å². The molecule has 2 N–H and O–H groups in total. The van der Waals surface area contributed by atoms with Crippen molar-refractivity contribution in [2.75, 3.05) is 19.8 Å². The molecule has 2 aromatic rings. The van der Waals surface area contributed by atoms with Crippen molar-refractivity contribution < 1.29 is 14.6 Å². The second kappa shape index (κ2) is 6.96. The number of piperidine rings is 1. The predicted molar refractivity (Wildman–Crippen MR) is 87.8 cm³/mol. The number of nitrogens with one attached hydrogen (secondary N) is 1. The van der Waals surface area contributed by atoms with Gasteiger partial charge in [-0.15, -0.1) is 0 Å². The Hall–Kier alpha value is -1.83. The third kappa shape index (κ3) is 3.19. The Morgan fingerprint density at radius 3 is 3.08 bits per heavy atom. The van der Waals surface area contributed by atoms with Crippen molar-refractivity contribution >= 4 is 10.9 Å². The molecular weight excluding hydrogens is 308 g/mol. The van der Waals surface area contributed by atoms with Gasteiger partial charge in [-0.3, -0.25) is 4.98 Å². The molecule has 4 heterocycles. The summed E-state index contributed by atoms with van der Waals surface area (Å²) in [5.41, 5.74) is 1.53. The average molecular weight is 330 g/mol. The van der Waals surface area contributed by atoms with Crippen LogP contribution in [0.1, 0.15) is 37.4 Å². The fraction of sp³-hybridized carbons (Fsp3) is 0.588. The van der Waals surface area contributed by atoms with E-state index in [0.29, 0.717) is 12.6 Å². The van der Waals surface area contributed by atoms with Crippen molar-refractivity contribution in [3.8, 4) is 6.01 Å². The topological polar surface area (TPSA) is 89.4 Å². The van der Waals surface area contributed by atoms with E-state index >= 15 is 0 Å². The smallest absolute Gasteiger partial charge is 0.317 e. The molecule has 0 aromatic carbocycles. The van der Waals surface area contributed by atoms with Gasteiger partial charge in [-0.05, 0) is 38.3 Å². The number of aliphatic hydroxyl groups is 1. The number of fused-ring (bicyclic) bond motifs is 1. The summed E-state index contributed by atoms with van der Waals surface area (Å²) in [5.74, 6) is 0. The molecule has 2 saturated heterocycles. The number of hydrogen-bond acceptors (Lipinski definition) is 7. The zero-order chi connectivity index (χ0) is 16.4. The maximum absolute atomic E-state index is 10.4. The molecular formula is C17H22N4O3. The lowest BCUT2D eigenvalue weighted by molar-refractivity contribution is 0.0639. The standard InChI is InChI=1S/C17H22N4O3/c22-14-4-1-6-19-16(14)15-12-9-18-7-5-13(12)20-17(21-15)24-10-11-3-2-8-23-11/h5,7,9,11,14,16,19,22H,1-4,6,8,10H2/t11-,14?,16?/m1/s1. The van der Waals surface area contributed by atoms with Gasteiger partial charge >= 0.3 is 6.01 Å². The number of aromatic nitrogens is 3. The van der Waals surface area contributed by atoms with Crippen molar-refractivity contribution in [1.29, 1.82) is 0 Å². The molecule has 24 heavy (non-hydrogen) atoms. The average Bonchev–Trinajstić information content (AvgIpc) is 3.13. The lowest BCUT2D eigenvalue weighted by Gasteiger charge is -2.29. The molecule has 0 spiro atoms. The molecule has 0 aliphatic carbocycles. The fourth-order valence-corrected chi connectivity index (χ4v) is 3.37. The summed E-state index contributed by atoms with van der Waals surface area (Å²) >= 11 is 0. The molecule has 2 aliphatic rings. The van der Waals surface area contributed by atoms with Crippen molar-refractivity contribution in [2.45, 2.75) is 43.9 Å². The van der Waals surface area contributed by atoms with E-state index in [1.165, 1.54) is 0 Å². The second-order valence-corrected chi connectivity index (χ2v) is 6.37. The molecule has 128 valence electrons. The van der Waals surface area contributed by atoms with Crippen LogP contribution < -0.4 is 10.1 Å². The molecule has 2 aromatic heterocycles. The van der Waals surface area contributed by atoms with Crippen LogP contribution >= 0.6 is 0 Å². The van der Waals surface area contributed by atoms with Gasteiger partial charge in [0.05, 0.1) is 29.5 Å². The first-order valence-electron chi connectivity index (χ1n) is 8.59. The Balaban J connectivity index is 1.65. The largest absolute Gasteiger partial charge is 0.461 e. The van der Waals surface area contributed by atoms with Crippen LogP contribution in [0.4, 0.5) is 0 Å². The van der Waals surface area contributed by atoms with Gasteiger partial charge in [0.1, 0.15) is 6.61 Å². The summed E-state index contributed by atoms with van der Waals surface area (Å²) in [6.07, 6.45) is 6.89. The van der Waals surface area contributed by atoms with E-state index in [-0.39, 0.29) is 12.1 Å². The first-order chi connectivity index (χ1) is 11.8. The minimum atomic E-state index is -0.469. The molecule has 2 aliphatic heterocycles. The third-order valence-corrected chi connectivity index (χ3v) is 4.65. The fourth-order valence-electron chi connectivity index (χ4n) is 3.37. The Labute approximate surface area is 140 Å². The minimum absolute atomic E-state index is 0.114. The molecule has 0 amide bonds. The van der Waals surface area contributed by atoms with Crippen LogP contribution in [0.2, 0.25) is 0 Å². The highest BCUT2D eigenvalue weighted by molar-refractivity contribution is 5.80. The van der Waals surface area contributed by atoms with Gasteiger partial charge in [0.25, 0.3) is 0 Å². The summed E-state index contributed by atoms with van der Waals surface area (Å²) < 4.78 is 11.4. The highest BCUT2D eigenvalue weighted by Crippen LogP contribution is 2.29. The van der Waals surface area contributed by atoms with Crippen LogP contribution in [0.15, 0.2) is 18.5 Å². The molecule has 3 atom stereocenters. The number of pyridine rings is 1. The SMILES string of the molecule is OC1CCCNC1c1nc(OC[C@H]2CCCO2)nc2ccncc12. The second-order valence-electron chi connectivity index (χ2n) is 6.37. The molecule has 0 bridgehead atoms. The number of rotatable bonds is 4. The van der Waals surface area contributed by atoms with Crippen molar-refractivity contribution in [3.63, 3.8) is 0 Å². The van der Waals surface area contributed by atoms with Gasteiger partial charge in [-0.2, -0.15) is 9.97 Å². The molecule has 2 unspecified atom stereocenters. The summed E-state index contributed by atoms with van der Waals surface area (Å²) in [6.45, 7) is 2.11. The summed E-state index contributed by atoms with van der Waals surface area (Å²) in [5, 5.41) is 14.6. The Bertz CT molecular complexity index is 705. The maximum Gasteiger partial charge on any atom is 0.317 e. The molecule has 0 radical (unpaired) electrons. The highest BCUT2D eigenvalue weighted by atomic mass is 16.5. The number of aliphatic hydroxyl groups excluding tert-OH is 1. The van der Waals surface area contributed by atoms with Gasteiger partial charge in [0.2, 0.25) is 0 Å². The van der Waals surface area contributed by atoms with Gasteiger partial charge in [0, 0.05) is 24.4 Å². The van der Waals surface area contributed by atoms with Crippen molar-refractivity contribution in [3.05, 3.63) is 24.2 Å². The molecule has 4 rings (SSSR count). The molecule has 0 saturated carbocycles. The van der Waals surface area contributed by atoms with Crippen LogP contribution in [0, 0.1) is 0 Å². The third-order valence-electron chi connectivity index (χ3n) is 4.65. The maximum atomic E-state index is 10.4. The molecule has 7 heteroatoms. The normalized spacial score (nSPS) is 27.5. The first kappa shape index (κ1) is 15.7. The predicted octanol–water partition coefficient (Wildman–Crippen LogP) is 1.37. The Morgan fingerprint density at radius 2 is 2.25 bits per heavy atom. The van der Waals surface area contributed by atoms with E-state index < -0.39 is 6.10 Å². The van der Waals surface area contributed by atoms with E-state index in [9.17, 15) is 5.11 Å². The van der Waals surface area contributed by atoms with E-state index in [1.54, 1.807) is 12.4 Å². The van der Waals surface area contributed by atoms with Crippen LogP contribution in [0.25, 0.3) is 10.9 Å². The Kier molecular flexibility index (Phi) is 4.55. The van der Waals surface area contributed by atoms with E-state index in [0.717, 1.165) is 55.4 Å².